The number of nitrogens with zero attached hydrogens (tertiary/aromatic N) is 3. The summed E-state index contributed by atoms with van der Waals surface area (Å²) in [6, 6.07) is 10.5. The summed E-state index contributed by atoms with van der Waals surface area (Å²) in [5.74, 6) is 0. The molecule has 2 aromatic heterocycles. The van der Waals surface area contributed by atoms with Crippen molar-refractivity contribution < 1.29 is 4.74 Å². The predicted molar refractivity (Wildman–Crippen MR) is 110 cm³/mol. The average Bonchev–Trinajstić information content (AvgIpc) is 3.27. The molecule has 2 N–H and O–H groups in total. The van der Waals surface area contributed by atoms with Gasteiger partial charge in [-0.2, -0.15) is 0 Å². The van der Waals surface area contributed by atoms with E-state index >= 15 is 0 Å². The fourth-order valence-electron chi connectivity index (χ4n) is 3.97. The van der Waals surface area contributed by atoms with Crippen molar-refractivity contribution in [3.05, 3.63) is 53.6 Å². The molecule has 0 spiro atoms. The number of nitrogens with one attached hydrogen (secondary N) is 2. The number of aromatic nitrogens is 2. The van der Waals surface area contributed by atoms with Crippen LogP contribution in [0.15, 0.2) is 36.5 Å². The van der Waals surface area contributed by atoms with Gasteiger partial charge in [-0.25, -0.2) is 0 Å². The molecule has 0 radical (unpaired) electrons. The van der Waals surface area contributed by atoms with E-state index in [1.165, 1.54) is 5.69 Å². The Bertz CT molecular complexity index is 759. The number of H-pyrrole nitrogens is 1. The summed E-state index contributed by atoms with van der Waals surface area (Å²) >= 11 is 5.71. The molecular weight excluding hydrogens is 358 g/mol. The Kier molecular flexibility index (Phi) is 5.71. The second-order valence-electron chi connectivity index (χ2n) is 7.22. The van der Waals surface area contributed by atoms with Crippen molar-refractivity contribution in [2.24, 2.45) is 0 Å². The van der Waals surface area contributed by atoms with Crippen molar-refractivity contribution in [2.75, 3.05) is 39.4 Å². The highest BCUT2D eigenvalue weighted by atomic mass is 32.1. The van der Waals surface area contributed by atoms with Gasteiger partial charge in [0.2, 0.25) is 0 Å². The third kappa shape index (κ3) is 4.15. The van der Waals surface area contributed by atoms with Gasteiger partial charge in [0, 0.05) is 43.8 Å². The van der Waals surface area contributed by atoms with Crippen LogP contribution in [0.3, 0.4) is 0 Å². The number of hydrogen-bond donors (Lipinski definition) is 2. The SMILES string of the molecule is Cc1ccc(C2C(c3ccccn3)NC(=S)N2CCCN2CCOCC2)[nH]1. The van der Waals surface area contributed by atoms with E-state index in [0.717, 1.165) is 62.3 Å². The quantitative estimate of drug-likeness (QED) is 0.745. The van der Waals surface area contributed by atoms with Crippen LogP contribution in [0, 0.1) is 6.92 Å². The summed E-state index contributed by atoms with van der Waals surface area (Å²) in [4.78, 5) is 12.9. The highest BCUT2D eigenvalue weighted by molar-refractivity contribution is 7.80. The molecule has 0 amide bonds. The molecular formula is C20H27N5OS. The predicted octanol–water partition coefficient (Wildman–Crippen LogP) is 2.41. The Morgan fingerprint density at radius 3 is 2.74 bits per heavy atom. The standard InChI is InChI=1S/C20H27N5OS/c1-15-6-7-17(22-15)19-18(16-5-2-3-8-21-16)23-20(27)25(19)10-4-9-24-11-13-26-14-12-24/h2-3,5-8,18-19,22H,4,9-14H2,1H3,(H,23,27). The third-order valence-electron chi connectivity index (χ3n) is 5.35. The van der Waals surface area contributed by atoms with Crippen LogP contribution in [0.2, 0.25) is 0 Å². The maximum absolute atomic E-state index is 5.71. The van der Waals surface area contributed by atoms with Crippen LogP contribution in [-0.4, -0.2) is 64.3 Å². The lowest BCUT2D eigenvalue weighted by molar-refractivity contribution is 0.0365. The van der Waals surface area contributed by atoms with Crippen LogP contribution < -0.4 is 5.32 Å². The van der Waals surface area contributed by atoms with Crippen LogP contribution in [-0.2, 0) is 4.74 Å². The van der Waals surface area contributed by atoms with Gasteiger partial charge in [0.05, 0.1) is 31.0 Å². The van der Waals surface area contributed by atoms with E-state index in [1.807, 2.05) is 18.3 Å². The van der Waals surface area contributed by atoms with Crippen molar-refractivity contribution in [3.63, 3.8) is 0 Å². The van der Waals surface area contributed by atoms with E-state index in [4.69, 9.17) is 17.0 Å². The van der Waals surface area contributed by atoms with Crippen molar-refractivity contribution in [3.8, 4) is 0 Å². The fourth-order valence-corrected chi connectivity index (χ4v) is 4.30. The Morgan fingerprint density at radius 2 is 2.04 bits per heavy atom. The van der Waals surface area contributed by atoms with Gasteiger partial charge in [0.15, 0.2) is 5.11 Å². The number of morpholine rings is 1. The fraction of sp³-hybridized carbons (Fsp3) is 0.500. The lowest BCUT2D eigenvalue weighted by Gasteiger charge is -2.30. The van der Waals surface area contributed by atoms with E-state index in [1.54, 1.807) is 0 Å². The molecule has 2 aliphatic rings. The van der Waals surface area contributed by atoms with Crippen molar-refractivity contribution in [2.45, 2.75) is 25.4 Å². The first-order chi connectivity index (χ1) is 13.2. The summed E-state index contributed by atoms with van der Waals surface area (Å²) < 4.78 is 5.44. The van der Waals surface area contributed by atoms with Crippen LogP contribution in [0.25, 0.3) is 0 Å². The molecule has 2 fully saturated rings. The monoisotopic (exact) mass is 385 g/mol. The zero-order valence-electron chi connectivity index (χ0n) is 15.7. The molecule has 2 atom stereocenters. The zero-order valence-corrected chi connectivity index (χ0v) is 16.5. The largest absolute Gasteiger partial charge is 0.379 e. The first-order valence-corrected chi connectivity index (χ1v) is 10.1. The number of pyridine rings is 1. The lowest BCUT2D eigenvalue weighted by atomic mass is 10.0. The molecule has 0 saturated carbocycles. The minimum atomic E-state index is 0.0557. The van der Waals surface area contributed by atoms with E-state index in [9.17, 15) is 0 Å². The Morgan fingerprint density at radius 1 is 1.19 bits per heavy atom. The van der Waals surface area contributed by atoms with Crippen molar-refractivity contribution >= 4 is 17.3 Å². The van der Waals surface area contributed by atoms with Gasteiger partial charge in [-0.05, 0) is 49.8 Å². The number of ether oxygens (including phenoxy) is 1. The molecule has 2 unspecified atom stereocenters. The van der Waals surface area contributed by atoms with Gasteiger partial charge in [-0.3, -0.25) is 9.88 Å². The lowest BCUT2D eigenvalue weighted by Crippen LogP contribution is -2.39. The Hall–Kier alpha value is -1.96. The van der Waals surface area contributed by atoms with Gasteiger partial charge < -0.3 is 19.9 Å². The molecule has 0 aliphatic carbocycles. The maximum atomic E-state index is 5.71. The third-order valence-corrected chi connectivity index (χ3v) is 5.70. The molecule has 2 saturated heterocycles. The topological polar surface area (TPSA) is 56.4 Å². The molecule has 2 aliphatic heterocycles. The summed E-state index contributed by atoms with van der Waals surface area (Å²) in [6.45, 7) is 7.83. The van der Waals surface area contributed by atoms with Gasteiger partial charge in [0.25, 0.3) is 0 Å². The van der Waals surface area contributed by atoms with Gasteiger partial charge in [0.1, 0.15) is 0 Å². The van der Waals surface area contributed by atoms with Crippen LogP contribution in [0.1, 0.15) is 35.6 Å². The Labute approximate surface area is 165 Å². The van der Waals surface area contributed by atoms with Crippen LogP contribution in [0.5, 0.6) is 0 Å². The number of hydrogen-bond acceptors (Lipinski definition) is 4. The van der Waals surface area contributed by atoms with Gasteiger partial charge >= 0.3 is 0 Å². The second-order valence-corrected chi connectivity index (χ2v) is 7.61. The summed E-state index contributed by atoms with van der Waals surface area (Å²) in [5, 5.41) is 4.32. The van der Waals surface area contributed by atoms with Crippen LogP contribution in [0.4, 0.5) is 0 Å². The molecule has 144 valence electrons. The van der Waals surface area contributed by atoms with Gasteiger partial charge in [-0.1, -0.05) is 6.07 Å². The van der Waals surface area contributed by atoms with E-state index < -0.39 is 0 Å². The summed E-state index contributed by atoms with van der Waals surface area (Å²) in [7, 11) is 0. The number of rotatable bonds is 6. The van der Waals surface area contributed by atoms with Crippen molar-refractivity contribution in [1.82, 2.24) is 25.1 Å². The second kappa shape index (κ2) is 8.37. The first-order valence-electron chi connectivity index (χ1n) is 9.66. The number of aryl methyl sites for hydroxylation is 1. The summed E-state index contributed by atoms with van der Waals surface area (Å²) in [5.41, 5.74) is 3.37. The van der Waals surface area contributed by atoms with Gasteiger partial charge in [-0.15, -0.1) is 0 Å². The van der Waals surface area contributed by atoms with E-state index in [0.29, 0.717) is 0 Å². The number of aromatic amines is 1. The summed E-state index contributed by atoms with van der Waals surface area (Å²) in [6.07, 6.45) is 2.92. The van der Waals surface area contributed by atoms with E-state index in [2.05, 4.69) is 50.2 Å². The minimum Gasteiger partial charge on any atom is -0.379 e. The smallest absolute Gasteiger partial charge is 0.170 e. The average molecular weight is 386 g/mol. The molecule has 6 nitrogen and oxygen atoms in total. The minimum absolute atomic E-state index is 0.0557. The highest BCUT2D eigenvalue weighted by Crippen LogP contribution is 2.38. The Balaban J connectivity index is 1.50. The highest BCUT2D eigenvalue weighted by Gasteiger charge is 2.40. The van der Waals surface area contributed by atoms with Crippen LogP contribution >= 0.6 is 12.2 Å². The first kappa shape index (κ1) is 18.4. The number of thiocarbonyl (C=S) groups is 1. The molecule has 7 heteroatoms. The normalized spacial score (nSPS) is 23.6. The molecule has 27 heavy (non-hydrogen) atoms. The molecule has 2 aromatic rings. The van der Waals surface area contributed by atoms with E-state index in [-0.39, 0.29) is 12.1 Å². The maximum Gasteiger partial charge on any atom is 0.170 e. The molecule has 4 rings (SSSR count). The molecule has 0 bridgehead atoms. The zero-order chi connectivity index (χ0) is 18.6. The van der Waals surface area contributed by atoms with Crippen molar-refractivity contribution in [1.29, 1.82) is 0 Å². The molecule has 4 heterocycles. The molecule has 0 aromatic carbocycles.